The second-order valence-corrected chi connectivity index (χ2v) is 2.87. The number of carbonyl (C=O) groups excluding carboxylic acids is 1. The molecule has 0 aliphatic carbocycles. The zero-order chi connectivity index (χ0) is 7.78. The first kappa shape index (κ1) is 7.47. The van der Waals surface area contributed by atoms with Crippen LogP contribution in [0.1, 0.15) is 6.92 Å². The quantitative estimate of drug-likeness (QED) is 0.543. The van der Waals surface area contributed by atoms with Crippen LogP contribution >= 0.6 is 0 Å². The van der Waals surface area contributed by atoms with Crippen molar-refractivity contribution in [1.29, 1.82) is 0 Å². The highest BCUT2D eigenvalue weighted by molar-refractivity contribution is 5.79. The molecular formula is C6H11FN2O. The highest BCUT2D eigenvalue weighted by Crippen LogP contribution is 2.23. The Bertz CT molecular complexity index is 150. The third-order valence-electron chi connectivity index (χ3n) is 1.57. The van der Waals surface area contributed by atoms with Crippen molar-refractivity contribution in [3.63, 3.8) is 0 Å². The third-order valence-corrected chi connectivity index (χ3v) is 1.57. The van der Waals surface area contributed by atoms with Gasteiger partial charge in [0.15, 0.2) is 0 Å². The zero-order valence-electron chi connectivity index (χ0n) is 5.93. The summed E-state index contributed by atoms with van der Waals surface area (Å²) in [6, 6.07) is 0. The largest absolute Gasteiger partial charge is 0.335 e. The molecule has 1 rings (SSSR count). The molecule has 0 radical (unpaired) electrons. The van der Waals surface area contributed by atoms with Crippen LogP contribution in [0.2, 0.25) is 0 Å². The number of amides is 1. The molecule has 0 bridgehead atoms. The van der Waals surface area contributed by atoms with E-state index in [1.807, 2.05) is 0 Å². The van der Waals surface area contributed by atoms with Gasteiger partial charge in [-0.15, -0.1) is 0 Å². The molecule has 4 heteroatoms. The molecule has 1 aliphatic rings. The van der Waals surface area contributed by atoms with E-state index >= 15 is 0 Å². The summed E-state index contributed by atoms with van der Waals surface area (Å²) in [6.45, 7) is 1.86. The first-order valence-electron chi connectivity index (χ1n) is 3.22. The standard InChI is InChI=1S/C6H11FN2O/c1-6(7)3-9(4-6)5(10)2-8/h2-4,8H2,1H3. The SMILES string of the molecule is CC1(F)CN(C(=O)CN)C1. The molecule has 0 saturated carbocycles. The van der Waals surface area contributed by atoms with Crippen LogP contribution in [0.3, 0.4) is 0 Å². The Morgan fingerprint density at radius 3 is 2.60 bits per heavy atom. The Morgan fingerprint density at radius 1 is 1.80 bits per heavy atom. The monoisotopic (exact) mass is 146 g/mol. The molecule has 10 heavy (non-hydrogen) atoms. The van der Waals surface area contributed by atoms with Gasteiger partial charge < -0.3 is 10.6 Å². The average Bonchev–Trinajstić information content (AvgIpc) is 1.81. The number of likely N-dealkylation sites (tertiary alicyclic amines) is 1. The molecule has 1 fully saturated rings. The Hall–Kier alpha value is -0.640. The first-order valence-corrected chi connectivity index (χ1v) is 3.22. The molecule has 2 N–H and O–H groups in total. The van der Waals surface area contributed by atoms with Crippen molar-refractivity contribution in [3.8, 4) is 0 Å². The summed E-state index contributed by atoms with van der Waals surface area (Å²) in [4.78, 5) is 12.1. The predicted molar refractivity (Wildman–Crippen MR) is 35.1 cm³/mol. The van der Waals surface area contributed by atoms with Gasteiger partial charge in [-0.2, -0.15) is 0 Å². The number of halogens is 1. The molecular weight excluding hydrogens is 135 g/mol. The van der Waals surface area contributed by atoms with Gasteiger partial charge in [0.25, 0.3) is 0 Å². The van der Waals surface area contributed by atoms with Crippen molar-refractivity contribution in [2.24, 2.45) is 5.73 Å². The van der Waals surface area contributed by atoms with E-state index in [0.717, 1.165) is 0 Å². The highest BCUT2D eigenvalue weighted by Gasteiger charge is 2.40. The van der Waals surface area contributed by atoms with Gasteiger partial charge in [0.05, 0.1) is 19.6 Å². The lowest BCUT2D eigenvalue weighted by Gasteiger charge is -2.41. The van der Waals surface area contributed by atoms with Crippen LogP contribution in [0.15, 0.2) is 0 Å². The Balaban J connectivity index is 2.33. The fraction of sp³-hybridized carbons (Fsp3) is 0.833. The number of rotatable bonds is 1. The van der Waals surface area contributed by atoms with E-state index in [0.29, 0.717) is 0 Å². The molecule has 1 amide bonds. The normalized spacial score (nSPS) is 22.1. The minimum atomic E-state index is -1.18. The van der Waals surface area contributed by atoms with Crippen LogP contribution < -0.4 is 5.73 Å². The number of nitrogens with zero attached hydrogens (tertiary/aromatic N) is 1. The van der Waals surface area contributed by atoms with E-state index in [2.05, 4.69) is 0 Å². The topological polar surface area (TPSA) is 46.3 Å². The summed E-state index contributed by atoms with van der Waals surface area (Å²) in [7, 11) is 0. The first-order chi connectivity index (χ1) is 4.55. The molecule has 1 heterocycles. The maximum Gasteiger partial charge on any atom is 0.236 e. The van der Waals surface area contributed by atoms with Gasteiger partial charge >= 0.3 is 0 Å². The van der Waals surface area contributed by atoms with E-state index in [1.54, 1.807) is 0 Å². The number of hydrogen-bond donors (Lipinski definition) is 1. The lowest BCUT2D eigenvalue weighted by Crippen LogP contribution is -2.60. The zero-order valence-corrected chi connectivity index (χ0v) is 5.93. The number of hydrogen-bond acceptors (Lipinski definition) is 2. The van der Waals surface area contributed by atoms with E-state index in [-0.39, 0.29) is 25.5 Å². The van der Waals surface area contributed by atoms with E-state index in [9.17, 15) is 9.18 Å². The number of carbonyl (C=O) groups is 1. The molecule has 0 spiro atoms. The Labute approximate surface area is 59.0 Å². The second kappa shape index (κ2) is 2.20. The Kier molecular flexibility index (Phi) is 1.64. The number of alkyl halides is 1. The highest BCUT2D eigenvalue weighted by atomic mass is 19.1. The third kappa shape index (κ3) is 1.26. The smallest absolute Gasteiger partial charge is 0.236 e. The summed E-state index contributed by atoms with van der Waals surface area (Å²) in [6.07, 6.45) is 0. The molecule has 3 nitrogen and oxygen atoms in total. The average molecular weight is 146 g/mol. The van der Waals surface area contributed by atoms with Crippen LogP contribution in [0, 0.1) is 0 Å². The summed E-state index contributed by atoms with van der Waals surface area (Å²) in [5.74, 6) is -0.171. The minimum absolute atomic E-state index is 0.0178. The van der Waals surface area contributed by atoms with Crippen LogP contribution in [0.4, 0.5) is 4.39 Å². The van der Waals surface area contributed by atoms with Gasteiger partial charge in [-0.3, -0.25) is 4.79 Å². The second-order valence-electron chi connectivity index (χ2n) is 2.87. The lowest BCUT2D eigenvalue weighted by atomic mass is 9.99. The fourth-order valence-corrected chi connectivity index (χ4v) is 1.06. The predicted octanol–water partition coefficient (Wildman–Crippen LogP) is -0.484. The summed E-state index contributed by atoms with van der Waals surface area (Å²) in [5, 5.41) is 0. The van der Waals surface area contributed by atoms with E-state index in [1.165, 1.54) is 11.8 Å². The summed E-state index contributed by atoms with van der Waals surface area (Å²) >= 11 is 0. The van der Waals surface area contributed by atoms with Gasteiger partial charge in [0.1, 0.15) is 5.67 Å². The van der Waals surface area contributed by atoms with Crippen LogP contribution in [0.5, 0.6) is 0 Å². The van der Waals surface area contributed by atoms with Crippen molar-refractivity contribution in [2.45, 2.75) is 12.6 Å². The Morgan fingerprint density at radius 2 is 2.30 bits per heavy atom. The molecule has 1 aliphatic heterocycles. The van der Waals surface area contributed by atoms with Gasteiger partial charge in [-0.05, 0) is 6.92 Å². The molecule has 0 aromatic heterocycles. The van der Waals surface area contributed by atoms with Crippen molar-refractivity contribution in [1.82, 2.24) is 4.90 Å². The maximum absolute atomic E-state index is 12.7. The van der Waals surface area contributed by atoms with Gasteiger partial charge in [0, 0.05) is 0 Å². The maximum atomic E-state index is 12.7. The molecule has 0 unspecified atom stereocenters. The summed E-state index contributed by atoms with van der Waals surface area (Å²) < 4.78 is 12.7. The van der Waals surface area contributed by atoms with E-state index < -0.39 is 5.67 Å². The van der Waals surface area contributed by atoms with Crippen molar-refractivity contribution < 1.29 is 9.18 Å². The molecule has 1 saturated heterocycles. The van der Waals surface area contributed by atoms with Crippen molar-refractivity contribution >= 4 is 5.91 Å². The van der Waals surface area contributed by atoms with Crippen LogP contribution in [-0.2, 0) is 4.79 Å². The molecule has 58 valence electrons. The molecule has 0 atom stereocenters. The van der Waals surface area contributed by atoms with Gasteiger partial charge in [-0.25, -0.2) is 4.39 Å². The molecule has 0 aromatic carbocycles. The fourth-order valence-electron chi connectivity index (χ4n) is 1.06. The lowest BCUT2D eigenvalue weighted by molar-refractivity contribution is -0.142. The van der Waals surface area contributed by atoms with Crippen molar-refractivity contribution in [2.75, 3.05) is 19.6 Å². The molecule has 0 aromatic rings. The summed E-state index contributed by atoms with van der Waals surface area (Å²) in [5.41, 5.74) is 3.88. The van der Waals surface area contributed by atoms with Gasteiger partial charge in [-0.1, -0.05) is 0 Å². The van der Waals surface area contributed by atoms with Crippen LogP contribution in [0.25, 0.3) is 0 Å². The van der Waals surface area contributed by atoms with Crippen molar-refractivity contribution in [3.05, 3.63) is 0 Å². The van der Waals surface area contributed by atoms with Crippen LogP contribution in [-0.4, -0.2) is 36.1 Å². The van der Waals surface area contributed by atoms with E-state index in [4.69, 9.17) is 5.73 Å². The minimum Gasteiger partial charge on any atom is -0.335 e. The number of nitrogens with two attached hydrogens (primary N) is 1. The van der Waals surface area contributed by atoms with Gasteiger partial charge in [0.2, 0.25) is 5.91 Å².